The Bertz CT molecular complexity index is 1290. The molecular formula is C25H26F2N8O. The van der Waals surface area contributed by atoms with Crippen LogP contribution in [0.4, 0.5) is 30.8 Å². The van der Waals surface area contributed by atoms with Crippen LogP contribution >= 0.6 is 0 Å². The fourth-order valence-corrected chi connectivity index (χ4v) is 4.13. The third-order valence-electron chi connectivity index (χ3n) is 5.88. The van der Waals surface area contributed by atoms with Crippen molar-refractivity contribution in [3.8, 4) is 11.1 Å². The molecule has 0 atom stereocenters. The van der Waals surface area contributed by atoms with Gasteiger partial charge in [-0.05, 0) is 48.7 Å². The molecule has 0 bridgehead atoms. The molecule has 11 heteroatoms. The summed E-state index contributed by atoms with van der Waals surface area (Å²) in [5.41, 5.74) is 9.46. The largest absolute Gasteiger partial charge is 0.373 e. The SMILES string of the molecule is CNc1ncc(-c2cccc(NC(=O)NC3CCCC3)c2)cc1/C(=N/N=N)Nc1cccc(F)c1F. The van der Waals surface area contributed by atoms with Gasteiger partial charge in [-0.15, -0.1) is 5.10 Å². The molecule has 3 aromatic rings. The normalized spacial score (nSPS) is 13.8. The molecule has 1 aliphatic carbocycles. The first-order valence-corrected chi connectivity index (χ1v) is 11.5. The summed E-state index contributed by atoms with van der Waals surface area (Å²) in [6, 6.07) is 12.6. The zero-order valence-electron chi connectivity index (χ0n) is 19.6. The highest BCUT2D eigenvalue weighted by molar-refractivity contribution is 6.11. The molecule has 1 aromatic heterocycles. The molecule has 0 unspecified atom stereocenters. The standard InChI is InChI=1S/C25H26F2N8O/c1-29-23-19(24(34-35-28)33-21-11-5-10-20(26)22(21)27)13-16(14-30-23)15-6-4-9-18(12-15)32-25(36)31-17-7-2-3-8-17/h4-6,9-14,17H,2-3,7-8H2,1H3,(H,29,30)(H2,28,33,34)(H2,31,32,36). The maximum atomic E-state index is 14.3. The quantitative estimate of drug-likeness (QED) is 0.121. The Morgan fingerprint density at radius 3 is 2.58 bits per heavy atom. The monoisotopic (exact) mass is 492 g/mol. The summed E-state index contributed by atoms with van der Waals surface area (Å²) in [4.78, 5) is 16.8. The van der Waals surface area contributed by atoms with Gasteiger partial charge >= 0.3 is 6.03 Å². The Balaban J connectivity index is 1.62. The summed E-state index contributed by atoms with van der Waals surface area (Å²) < 4.78 is 28.0. The van der Waals surface area contributed by atoms with Crippen molar-refractivity contribution in [3.05, 3.63) is 71.9 Å². The first-order valence-electron chi connectivity index (χ1n) is 11.5. The fraction of sp³-hybridized carbons (Fsp3) is 0.240. The Morgan fingerprint density at radius 2 is 1.83 bits per heavy atom. The number of halogens is 2. The average Bonchev–Trinajstić information content (AvgIpc) is 3.39. The number of benzene rings is 2. The zero-order chi connectivity index (χ0) is 25.5. The summed E-state index contributed by atoms with van der Waals surface area (Å²) in [6.45, 7) is 0. The van der Waals surface area contributed by atoms with Crippen LogP contribution in [0, 0.1) is 17.2 Å². The van der Waals surface area contributed by atoms with Crippen LogP contribution in [0.25, 0.3) is 11.1 Å². The second-order valence-corrected chi connectivity index (χ2v) is 8.31. The number of nitrogens with one attached hydrogen (secondary N) is 5. The van der Waals surface area contributed by atoms with Gasteiger partial charge in [-0.1, -0.05) is 36.3 Å². The molecule has 9 nitrogen and oxygen atoms in total. The predicted octanol–water partition coefficient (Wildman–Crippen LogP) is 5.94. The minimum atomic E-state index is -1.08. The Labute approximate surface area is 206 Å². The van der Waals surface area contributed by atoms with E-state index in [4.69, 9.17) is 5.53 Å². The molecule has 36 heavy (non-hydrogen) atoms. The molecule has 2 amide bonds. The minimum absolute atomic E-state index is 0.00146. The third-order valence-corrected chi connectivity index (χ3v) is 5.88. The number of amidine groups is 1. The number of anilines is 3. The van der Waals surface area contributed by atoms with E-state index in [1.807, 2.05) is 6.07 Å². The molecule has 4 rings (SSSR count). The maximum absolute atomic E-state index is 14.3. The molecule has 0 aliphatic heterocycles. The van der Waals surface area contributed by atoms with E-state index in [1.165, 1.54) is 12.1 Å². The van der Waals surface area contributed by atoms with Gasteiger partial charge in [-0.3, -0.25) is 0 Å². The van der Waals surface area contributed by atoms with Crippen molar-refractivity contribution < 1.29 is 13.6 Å². The number of aromatic nitrogens is 1. The van der Waals surface area contributed by atoms with E-state index in [2.05, 4.69) is 36.6 Å². The van der Waals surface area contributed by atoms with Crippen LogP contribution in [-0.4, -0.2) is 29.9 Å². The lowest BCUT2D eigenvalue weighted by Crippen LogP contribution is -2.36. The molecule has 1 heterocycles. The predicted molar refractivity (Wildman–Crippen MR) is 135 cm³/mol. The molecule has 2 aromatic carbocycles. The van der Waals surface area contributed by atoms with E-state index in [0.717, 1.165) is 37.3 Å². The van der Waals surface area contributed by atoms with Crippen molar-refractivity contribution in [2.45, 2.75) is 31.7 Å². The number of nitrogens with zero attached hydrogens (tertiary/aromatic N) is 3. The van der Waals surface area contributed by atoms with Gasteiger partial charge in [0.25, 0.3) is 0 Å². The number of urea groups is 1. The first kappa shape index (κ1) is 24.7. The highest BCUT2D eigenvalue weighted by Gasteiger charge is 2.18. The maximum Gasteiger partial charge on any atom is 0.319 e. The number of rotatable bonds is 7. The zero-order valence-corrected chi connectivity index (χ0v) is 19.6. The second kappa shape index (κ2) is 11.3. The van der Waals surface area contributed by atoms with Crippen molar-refractivity contribution in [1.29, 1.82) is 5.53 Å². The summed E-state index contributed by atoms with van der Waals surface area (Å²) in [6.07, 6.45) is 5.85. The van der Waals surface area contributed by atoms with Gasteiger partial charge < -0.3 is 21.3 Å². The molecule has 5 N–H and O–H groups in total. The van der Waals surface area contributed by atoms with Crippen molar-refractivity contribution in [3.63, 3.8) is 0 Å². The average molecular weight is 493 g/mol. The van der Waals surface area contributed by atoms with Crippen molar-refractivity contribution in [1.82, 2.24) is 10.3 Å². The van der Waals surface area contributed by atoms with Gasteiger partial charge in [0.1, 0.15) is 5.82 Å². The Hall–Kier alpha value is -4.41. The lowest BCUT2D eigenvalue weighted by molar-refractivity contribution is 0.248. The van der Waals surface area contributed by atoms with E-state index < -0.39 is 11.6 Å². The van der Waals surface area contributed by atoms with Crippen LogP contribution in [-0.2, 0) is 0 Å². The van der Waals surface area contributed by atoms with Gasteiger partial charge in [0, 0.05) is 30.5 Å². The van der Waals surface area contributed by atoms with Gasteiger partial charge in [-0.25, -0.2) is 18.6 Å². The molecule has 0 radical (unpaired) electrons. The van der Waals surface area contributed by atoms with E-state index in [-0.39, 0.29) is 23.6 Å². The van der Waals surface area contributed by atoms with Crippen molar-refractivity contribution >= 4 is 29.1 Å². The topological polar surface area (TPSA) is 127 Å². The van der Waals surface area contributed by atoms with Crippen LogP contribution in [0.5, 0.6) is 0 Å². The Kier molecular flexibility index (Phi) is 7.79. The molecule has 0 spiro atoms. The van der Waals surface area contributed by atoms with E-state index in [1.54, 1.807) is 37.5 Å². The lowest BCUT2D eigenvalue weighted by Gasteiger charge is -2.15. The number of carbonyl (C=O) groups is 1. The van der Waals surface area contributed by atoms with Crippen molar-refractivity contribution in [2.24, 2.45) is 10.3 Å². The number of carbonyl (C=O) groups excluding carboxylic acids is 1. The third kappa shape index (κ3) is 5.80. The number of hydrogen-bond acceptors (Lipinski definition) is 5. The summed E-state index contributed by atoms with van der Waals surface area (Å²) in [5, 5.41) is 18.3. The van der Waals surface area contributed by atoms with E-state index in [9.17, 15) is 13.6 Å². The van der Waals surface area contributed by atoms with Crippen LogP contribution in [0.1, 0.15) is 31.2 Å². The Morgan fingerprint density at radius 1 is 1.06 bits per heavy atom. The highest BCUT2D eigenvalue weighted by Crippen LogP contribution is 2.27. The van der Waals surface area contributed by atoms with Crippen LogP contribution in [0.2, 0.25) is 0 Å². The summed E-state index contributed by atoms with van der Waals surface area (Å²) in [5.74, 6) is -1.72. The number of amides is 2. The summed E-state index contributed by atoms with van der Waals surface area (Å²) in [7, 11) is 1.65. The van der Waals surface area contributed by atoms with Gasteiger partial charge in [-0.2, -0.15) is 5.53 Å². The summed E-state index contributed by atoms with van der Waals surface area (Å²) >= 11 is 0. The molecule has 1 aliphatic rings. The van der Waals surface area contributed by atoms with Crippen LogP contribution in [0.15, 0.2) is 65.1 Å². The van der Waals surface area contributed by atoms with Gasteiger partial charge in [0.05, 0.1) is 11.3 Å². The molecular weight excluding hydrogens is 466 g/mol. The molecule has 1 saturated carbocycles. The van der Waals surface area contributed by atoms with Crippen LogP contribution in [0.3, 0.4) is 0 Å². The smallest absolute Gasteiger partial charge is 0.319 e. The molecule has 1 fully saturated rings. The van der Waals surface area contributed by atoms with Gasteiger partial charge in [0.2, 0.25) is 0 Å². The number of hydrogen-bond donors (Lipinski definition) is 5. The lowest BCUT2D eigenvalue weighted by atomic mass is 10.0. The highest BCUT2D eigenvalue weighted by atomic mass is 19.2. The van der Waals surface area contributed by atoms with Crippen molar-refractivity contribution in [2.75, 3.05) is 23.0 Å². The van der Waals surface area contributed by atoms with Gasteiger partial charge in [0.15, 0.2) is 17.5 Å². The minimum Gasteiger partial charge on any atom is -0.373 e. The molecule has 0 saturated heterocycles. The van der Waals surface area contributed by atoms with Crippen LogP contribution < -0.4 is 21.3 Å². The van der Waals surface area contributed by atoms with E-state index >= 15 is 0 Å². The first-order chi connectivity index (χ1) is 17.5. The molecule has 186 valence electrons. The fourth-order valence-electron chi connectivity index (χ4n) is 4.13. The second-order valence-electron chi connectivity index (χ2n) is 8.31. The van der Waals surface area contributed by atoms with E-state index in [0.29, 0.717) is 22.6 Å². The number of pyridine rings is 1.